The summed E-state index contributed by atoms with van der Waals surface area (Å²) >= 11 is 0. The van der Waals surface area contributed by atoms with E-state index in [2.05, 4.69) is 4.98 Å². The number of aromatic nitrogens is 1. The maximum absolute atomic E-state index is 12.2. The van der Waals surface area contributed by atoms with Gasteiger partial charge in [-0.1, -0.05) is 6.92 Å². The van der Waals surface area contributed by atoms with Crippen LogP contribution in [0.25, 0.3) is 10.9 Å². The van der Waals surface area contributed by atoms with Gasteiger partial charge in [-0.15, -0.1) is 0 Å². The topological polar surface area (TPSA) is 77.6 Å². The Labute approximate surface area is 135 Å². The van der Waals surface area contributed by atoms with E-state index in [0.29, 0.717) is 0 Å². The first-order chi connectivity index (χ1) is 10.9. The fourth-order valence-electron chi connectivity index (χ4n) is 2.59. The second-order valence-corrected chi connectivity index (χ2v) is 7.70. The van der Waals surface area contributed by atoms with Crippen molar-refractivity contribution in [3.8, 4) is 5.75 Å². The Morgan fingerprint density at radius 3 is 2.57 bits per heavy atom. The third-order valence-electron chi connectivity index (χ3n) is 3.91. The van der Waals surface area contributed by atoms with Crippen molar-refractivity contribution in [2.45, 2.75) is 19.3 Å². The van der Waals surface area contributed by atoms with E-state index in [1.807, 2.05) is 31.3 Å². The van der Waals surface area contributed by atoms with Crippen LogP contribution in [0.5, 0.6) is 5.75 Å². The number of carbonyl (C=O) groups is 1. The lowest BCUT2D eigenvalue weighted by molar-refractivity contribution is -0.117. The summed E-state index contributed by atoms with van der Waals surface area (Å²) < 4.78 is 26.9. The zero-order valence-corrected chi connectivity index (χ0v) is 14.7. The van der Waals surface area contributed by atoms with Crippen LogP contribution >= 0.6 is 7.60 Å². The molecule has 0 fully saturated rings. The fourth-order valence-corrected chi connectivity index (χ4v) is 3.56. The first kappa shape index (κ1) is 17.7. The molecule has 7 heteroatoms. The smallest absolute Gasteiger partial charge is 0.337 e. The molecule has 0 radical (unpaired) electrons. The number of aromatic amines is 1. The van der Waals surface area contributed by atoms with E-state index in [9.17, 15) is 9.36 Å². The van der Waals surface area contributed by atoms with E-state index in [4.69, 9.17) is 13.8 Å². The standard InChI is InChI=1S/C16H22NO5P/c1-11(7-12(18)10-23(19,21-3)22-4)15-9-17-16-6-5-13(20-2)8-14(15)16/h5-6,8-9,11,17H,7,10H2,1-4H3. The van der Waals surface area contributed by atoms with Crippen molar-refractivity contribution in [1.82, 2.24) is 4.98 Å². The Bertz CT molecular complexity index is 731. The van der Waals surface area contributed by atoms with Crippen molar-refractivity contribution in [2.75, 3.05) is 27.5 Å². The normalized spacial score (nSPS) is 13.2. The number of benzene rings is 1. The summed E-state index contributed by atoms with van der Waals surface area (Å²) in [5, 5.41) is 1.02. The highest BCUT2D eigenvalue weighted by molar-refractivity contribution is 7.54. The Balaban J connectivity index is 2.16. The Morgan fingerprint density at radius 1 is 1.26 bits per heavy atom. The van der Waals surface area contributed by atoms with Crippen LogP contribution in [0.2, 0.25) is 0 Å². The van der Waals surface area contributed by atoms with Crippen LogP contribution in [0, 0.1) is 0 Å². The summed E-state index contributed by atoms with van der Waals surface area (Å²) in [7, 11) is 0.879. The summed E-state index contributed by atoms with van der Waals surface area (Å²) in [5.74, 6) is 0.590. The average molecular weight is 339 g/mol. The van der Waals surface area contributed by atoms with Crippen molar-refractivity contribution < 1.29 is 23.1 Å². The van der Waals surface area contributed by atoms with Gasteiger partial charge in [-0.2, -0.15) is 0 Å². The molecule has 23 heavy (non-hydrogen) atoms. The Morgan fingerprint density at radius 2 is 1.96 bits per heavy atom. The summed E-state index contributed by atoms with van der Waals surface area (Å²) in [6.07, 6.45) is 1.95. The third-order valence-corrected chi connectivity index (χ3v) is 5.76. The largest absolute Gasteiger partial charge is 0.497 e. The van der Waals surface area contributed by atoms with E-state index in [1.54, 1.807) is 7.11 Å². The summed E-state index contributed by atoms with van der Waals surface area (Å²) in [4.78, 5) is 15.4. The average Bonchev–Trinajstić information content (AvgIpc) is 2.97. The zero-order valence-electron chi connectivity index (χ0n) is 13.8. The summed E-state index contributed by atoms with van der Waals surface area (Å²) in [6, 6.07) is 5.76. The molecule has 0 aliphatic heterocycles. The molecule has 1 aromatic carbocycles. The van der Waals surface area contributed by atoms with Gasteiger partial charge in [0.2, 0.25) is 0 Å². The van der Waals surface area contributed by atoms with Crippen molar-refractivity contribution in [3.63, 3.8) is 0 Å². The molecule has 2 rings (SSSR count). The third kappa shape index (κ3) is 4.02. The quantitative estimate of drug-likeness (QED) is 0.742. The molecule has 0 aliphatic rings. The molecule has 0 bridgehead atoms. The molecule has 6 nitrogen and oxygen atoms in total. The van der Waals surface area contributed by atoms with Crippen LogP contribution in [0.1, 0.15) is 24.8 Å². The van der Waals surface area contributed by atoms with Gasteiger partial charge in [-0.05, 0) is 29.7 Å². The van der Waals surface area contributed by atoms with Gasteiger partial charge in [-0.25, -0.2) is 0 Å². The molecule has 1 atom stereocenters. The number of H-pyrrole nitrogens is 1. The second-order valence-electron chi connectivity index (χ2n) is 5.43. The number of ether oxygens (including phenoxy) is 1. The molecule has 0 spiro atoms. The van der Waals surface area contributed by atoms with E-state index in [-0.39, 0.29) is 24.3 Å². The van der Waals surface area contributed by atoms with E-state index in [1.165, 1.54) is 14.2 Å². The van der Waals surface area contributed by atoms with Crippen LogP contribution in [0.4, 0.5) is 0 Å². The van der Waals surface area contributed by atoms with Crippen LogP contribution in [0.3, 0.4) is 0 Å². The SMILES string of the molecule is COc1ccc2[nH]cc(C(C)CC(=O)CP(=O)(OC)OC)c2c1. The Hall–Kier alpha value is -1.62. The molecular formula is C16H22NO5P. The minimum Gasteiger partial charge on any atom is -0.497 e. The number of rotatable bonds is 8. The number of hydrogen-bond donors (Lipinski definition) is 1. The summed E-state index contributed by atoms with van der Waals surface area (Å²) in [5.41, 5.74) is 2.01. The number of hydrogen-bond acceptors (Lipinski definition) is 5. The monoisotopic (exact) mass is 339 g/mol. The van der Waals surface area contributed by atoms with Gasteiger partial charge in [0.05, 0.1) is 7.11 Å². The van der Waals surface area contributed by atoms with Gasteiger partial charge in [0.1, 0.15) is 17.7 Å². The van der Waals surface area contributed by atoms with Gasteiger partial charge >= 0.3 is 7.60 Å². The second kappa shape index (κ2) is 7.30. The van der Waals surface area contributed by atoms with Crippen molar-refractivity contribution >= 4 is 24.3 Å². The molecule has 2 aromatic rings. The molecule has 0 saturated carbocycles. The van der Waals surface area contributed by atoms with E-state index >= 15 is 0 Å². The molecule has 0 aliphatic carbocycles. The first-order valence-electron chi connectivity index (χ1n) is 7.29. The van der Waals surface area contributed by atoms with Crippen molar-refractivity contribution in [2.24, 2.45) is 0 Å². The molecule has 0 amide bonds. The van der Waals surface area contributed by atoms with Gasteiger partial charge in [0.15, 0.2) is 0 Å². The lowest BCUT2D eigenvalue weighted by atomic mass is 9.95. The minimum atomic E-state index is -3.31. The summed E-state index contributed by atoms with van der Waals surface area (Å²) in [6.45, 7) is 1.96. The number of Topliss-reactive ketones (excluding diaryl/α,β-unsaturated/α-hetero) is 1. The highest BCUT2D eigenvalue weighted by atomic mass is 31.2. The number of methoxy groups -OCH3 is 1. The molecule has 126 valence electrons. The first-order valence-corrected chi connectivity index (χ1v) is 9.02. The van der Waals surface area contributed by atoms with E-state index < -0.39 is 7.60 Å². The Kier molecular flexibility index (Phi) is 5.63. The van der Waals surface area contributed by atoms with Crippen LogP contribution in [-0.4, -0.2) is 38.3 Å². The highest BCUT2D eigenvalue weighted by Gasteiger charge is 2.27. The lowest BCUT2D eigenvalue weighted by Gasteiger charge is -2.14. The molecule has 1 unspecified atom stereocenters. The van der Waals surface area contributed by atoms with Crippen LogP contribution < -0.4 is 4.74 Å². The fraction of sp³-hybridized carbons (Fsp3) is 0.438. The van der Waals surface area contributed by atoms with Crippen molar-refractivity contribution in [3.05, 3.63) is 30.0 Å². The van der Waals surface area contributed by atoms with Gasteiger partial charge < -0.3 is 18.8 Å². The molecule has 1 heterocycles. The number of carbonyl (C=O) groups excluding carboxylic acids is 1. The maximum Gasteiger partial charge on any atom is 0.337 e. The number of fused-ring (bicyclic) bond motifs is 1. The molecule has 0 saturated heterocycles. The predicted octanol–water partition coefficient (Wildman–Crippen LogP) is 3.73. The van der Waals surface area contributed by atoms with Gasteiger partial charge in [-0.3, -0.25) is 9.36 Å². The lowest BCUT2D eigenvalue weighted by Crippen LogP contribution is -2.11. The number of ketones is 1. The number of nitrogens with one attached hydrogen (secondary N) is 1. The zero-order chi connectivity index (χ0) is 17.0. The molecular weight excluding hydrogens is 317 g/mol. The highest BCUT2D eigenvalue weighted by Crippen LogP contribution is 2.46. The molecule has 1 N–H and O–H groups in total. The van der Waals surface area contributed by atoms with Crippen LogP contribution in [-0.2, 0) is 18.4 Å². The van der Waals surface area contributed by atoms with Gasteiger partial charge in [0, 0.05) is 37.7 Å². The minimum absolute atomic E-state index is 0.0227. The van der Waals surface area contributed by atoms with E-state index in [0.717, 1.165) is 22.2 Å². The predicted molar refractivity (Wildman–Crippen MR) is 89.4 cm³/mol. The van der Waals surface area contributed by atoms with Gasteiger partial charge in [0.25, 0.3) is 0 Å². The van der Waals surface area contributed by atoms with Crippen LogP contribution in [0.15, 0.2) is 24.4 Å². The van der Waals surface area contributed by atoms with Crippen molar-refractivity contribution in [1.29, 1.82) is 0 Å². The maximum atomic E-state index is 12.2. The molecule has 1 aromatic heterocycles.